The summed E-state index contributed by atoms with van der Waals surface area (Å²) in [7, 11) is 0. The van der Waals surface area contributed by atoms with Gasteiger partial charge in [-0.2, -0.15) is 0 Å². The first kappa shape index (κ1) is 35.3. The van der Waals surface area contributed by atoms with Gasteiger partial charge < -0.3 is 4.90 Å². The van der Waals surface area contributed by atoms with Crippen LogP contribution in [-0.2, 0) is 10.8 Å². The molecule has 0 spiro atoms. The summed E-state index contributed by atoms with van der Waals surface area (Å²) in [6.45, 7) is 11.6. The third-order valence-corrected chi connectivity index (χ3v) is 12.1. The Hall–Kier alpha value is -6.44. The van der Waals surface area contributed by atoms with Gasteiger partial charge in [0, 0.05) is 27.9 Å². The van der Waals surface area contributed by atoms with Crippen LogP contribution in [0.1, 0.15) is 55.5 Å². The van der Waals surface area contributed by atoms with Crippen LogP contribution in [0.5, 0.6) is 0 Å². The van der Waals surface area contributed by atoms with Gasteiger partial charge in [-0.15, -0.1) is 0 Å². The minimum Gasteiger partial charge on any atom is -0.310 e. The lowest BCUT2D eigenvalue weighted by Crippen LogP contribution is -2.18. The number of hydrogen-bond donors (Lipinski definition) is 0. The Labute approximate surface area is 332 Å². The summed E-state index contributed by atoms with van der Waals surface area (Å²) in [6, 6.07) is 70.2. The summed E-state index contributed by atoms with van der Waals surface area (Å²) < 4.78 is 0. The molecule has 10 rings (SSSR count). The van der Waals surface area contributed by atoms with Crippen molar-refractivity contribution in [2.45, 2.75) is 45.4 Å². The molecule has 0 radical (unpaired) electrons. The summed E-state index contributed by atoms with van der Waals surface area (Å²) >= 11 is 0. The van der Waals surface area contributed by atoms with E-state index in [4.69, 9.17) is 0 Å². The fraction of sp³-hybridized carbons (Fsp3) is 0.127. The van der Waals surface area contributed by atoms with Crippen molar-refractivity contribution in [2.24, 2.45) is 0 Å². The van der Waals surface area contributed by atoms with E-state index in [0.717, 1.165) is 0 Å². The summed E-state index contributed by atoms with van der Waals surface area (Å²) in [4.78, 5) is 2.42. The van der Waals surface area contributed by atoms with Crippen LogP contribution in [0.25, 0.3) is 44.5 Å². The molecule has 2 aliphatic carbocycles. The second-order valence-corrected chi connectivity index (χ2v) is 16.2. The lowest BCUT2D eigenvalue weighted by Gasteiger charge is -2.29. The van der Waals surface area contributed by atoms with Crippen molar-refractivity contribution in [3.05, 3.63) is 222 Å². The highest BCUT2D eigenvalue weighted by atomic mass is 15.1. The minimum atomic E-state index is -0.0358. The summed E-state index contributed by atoms with van der Waals surface area (Å²) in [5.41, 5.74) is 20.9. The third kappa shape index (κ3) is 6.05. The van der Waals surface area contributed by atoms with Crippen LogP contribution in [0.4, 0.5) is 17.1 Å². The van der Waals surface area contributed by atoms with Crippen LogP contribution >= 0.6 is 0 Å². The highest BCUT2D eigenvalue weighted by Crippen LogP contribution is 2.53. The molecule has 272 valence electrons. The number of para-hydroxylation sites is 1. The molecule has 1 nitrogen and oxygen atoms in total. The molecule has 8 aromatic carbocycles. The molecule has 0 fully saturated rings. The zero-order chi connectivity index (χ0) is 38.4. The van der Waals surface area contributed by atoms with E-state index >= 15 is 0 Å². The molecular formula is C55H47N. The van der Waals surface area contributed by atoms with Crippen LogP contribution in [0.15, 0.2) is 194 Å². The lowest BCUT2D eigenvalue weighted by molar-refractivity contribution is 0.660. The van der Waals surface area contributed by atoms with Crippen molar-refractivity contribution in [1.82, 2.24) is 0 Å². The van der Waals surface area contributed by atoms with Crippen LogP contribution in [0.3, 0.4) is 0 Å². The number of benzene rings is 8. The molecule has 0 saturated heterocycles. The van der Waals surface area contributed by atoms with E-state index in [1.807, 2.05) is 0 Å². The van der Waals surface area contributed by atoms with E-state index < -0.39 is 0 Å². The van der Waals surface area contributed by atoms with Gasteiger partial charge in [-0.25, -0.2) is 0 Å². The summed E-state index contributed by atoms with van der Waals surface area (Å²) in [5.74, 6) is 0. The number of hydrogen-bond acceptors (Lipinski definition) is 1. The Balaban J connectivity index is 0.000000181. The van der Waals surface area contributed by atoms with Crippen LogP contribution < -0.4 is 4.90 Å². The largest absolute Gasteiger partial charge is 0.310 e. The van der Waals surface area contributed by atoms with Crippen molar-refractivity contribution in [3.8, 4) is 44.5 Å². The van der Waals surface area contributed by atoms with E-state index in [2.05, 4.69) is 234 Å². The van der Waals surface area contributed by atoms with Gasteiger partial charge in [-0.3, -0.25) is 0 Å². The van der Waals surface area contributed by atoms with Crippen LogP contribution in [0, 0.1) is 6.92 Å². The van der Waals surface area contributed by atoms with Crippen molar-refractivity contribution < 1.29 is 0 Å². The molecule has 56 heavy (non-hydrogen) atoms. The standard InChI is InChI=1S/C36H31N.C19H16/c1-35(2)31-16-10-8-14-27(31)29-20-18-25(22-33(29)35)37(24-12-6-5-7-13-24)26-19-21-30-28-15-9-11-17-32(28)36(3,4)34(30)23-26;1-15-14-18(16-8-4-2-5-9-16)12-13-19(15)17-10-6-3-7-11-17/h5-23H,1-4H3;2-14H,1H3. The molecule has 0 aliphatic heterocycles. The predicted octanol–water partition coefficient (Wildman–Crippen LogP) is 15.1. The number of rotatable bonds is 5. The highest BCUT2D eigenvalue weighted by molar-refractivity contribution is 5.88. The van der Waals surface area contributed by atoms with E-state index in [1.165, 1.54) is 89.4 Å². The molecule has 0 unspecified atom stereocenters. The molecule has 0 amide bonds. The second-order valence-electron chi connectivity index (χ2n) is 16.2. The molecule has 1 heteroatoms. The Morgan fingerprint density at radius 2 is 0.714 bits per heavy atom. The van der Waals surface area contributed by atoms with Gasteiger partial charge in [-0.1, -0.05) is 185 Å². The average molecular weight is 722 g/mol. The third-order valence-electron chi connectivity index (χ3n) is 12.1. The monoisotopic (exact) mass is 721 g/mol. The SMILES string of the molecule is CC1(C)c2ccccc2-c2ccc(N(c3ccccc3)c3ccc4c(c3)C(C)(C)c3ccccc3-4)cc21.Cc1cc(-c2ccccc2)ccc1-c1ccccc1. The first-order valence-electron chi connectivity index (χ1n) is 19.8. The average Bonchev–Trinajstić information content (AvgIpc) is 3.61. The maximum absolute atomic E-state index is 2.42. The van der Waals surface area contributed by atoms with Gasteiger partial charge in [0.15, 0.2) is 0 Å². The molecule has 0 bridgehead atoms. The first-order chi connectivity index (χ1) is 27.2. The quantitative estimate of drug-likeness (QED) is 0.171. The van der Waals surface area contributed by atoms with Crippen molar-refractivity contribution in [2.75, 3.05) is 4.90 Å². The van der Waals surface area contributed by atoms with Crippen molar-refractivity contribution >= 4 is 17.1 Å². The molecule has 0 atom stereocenters. The topological polar surface area (TPSA) is 3.24 Å². The molecule has 8 aromatic rings. The molecule has 0 heterocycles. The molecule has 0 aromatic heterocycles. The van der Waals surface area contributed by atoms with Crippen LogP contribution in [0.2, 0.25) is 0 Å². The zero-order valence-corrected chi connectivity index (χ0v) is 32.9. The van der Waals surface area contributed by atoms with Crippen molar-refractivity contribution in [3.63, 3.8) is 0 Å². The fourth-order valence-electron chi connectivity index (χ4n) is 9.10. The van der Waals surface area contributed by atoms with E-state index in [0.29, 0.717) is 0 Å². The smallest absolute Gasteiger partial charge is 0.0465 e. The van der Waals surface area contributed by atoms with E-state index in [9.17, 15) is 0 Å². The Morgan fingerprint density at radius 1 is 0.304 bits per heavy atom. The predicted molar refractivity (Wildman–Crippen MR) is 238 cm³/mol. The van der Waals surface area contributed by atoms with Crippen LogP contribution in [-0.4, -0.2) is 0 Å². The normalized spacial score (nSPS) is 13.7. The molecule has 2 aliphatic rings. The summed E-state index contributed by atoms with van der Waals surface area (Å²) in [6.07, 6.45) is 0. The lowest BCUT2D eigenvalue weighted by atomic mass is 9.82. The van der Waals surface area contributed by atoms with Gasteiger partial charge >= 0.3 is 0 Å². The first-order valence-corrected chi connectivity index (χ1v) is 19.8. The number of aryl methyl sites for hydroxylation is 1. The Bertz CT molecular complexity index is 2580. The highest BCUT2D eigenvalue weighted by Gasteiger charge is 2.37. The number of nitrogens with zero attached hydrogens (tertiary/aromatic N) is 1. The summed E-state index contributed by atoms with van der Waals surface area (Å²) in [5, 5.41) is 0. The Kier molecular flexibility index (Phi) is 8.82. The molecular weight excluding hydrogens is 675 g/mol. The number of anilines is 3. The van der Waals surface area contributed by atoms with E-state index in [-0.39, 0.29) is 10.8 Å². The second kappa shape index (κ2) is 14.0. The van der Waals surface area contributed by atoms with Gasteiger partial charge in [-0.05, 0) is 116 Å². The van der Waals surface area contributed by atoms with Gasteiger partial charge in [0.25, 0.3) is 0 Å². The number of fused-ring (bicyclic) bond motifs is 6. The molecule has 0 saturated carbocycles. The van der Waals surface area contributed by atoms with E-state index in [1.54, 1.807) is 0 Å². The minimum absolute atomic E-state index is 0.0358. The van der Waals surface area contributed by atoms with Gasteiger partial charge in [0.05, 0.1) is 0 Å². The molecule has 0 N–H and O–H groups in total. The van der Waals surface area contributed by atoms with Gasteiger partial charge in [0.1, 0.15) is 0 Å². The Morgan fingerprint density at radius 3 is 1.21 bits per heavy atom. The maximum atomic E-state index is 2.42. The van der Waals surface area contributed by atoms with Gasteiger partial charge in [0.2, 0.25) is 0 Å². The fourth-order valence-corrected chi connectivity index (χ4v) is 9.10. The van der Waals surface area contributed by atoms with Crippen molar-refractivity contribution in [1.29, 1.82) is 0 Å². The maximum Gasteiger partial charge on any atom is 0.0465 e. The zero-order valence-electron chi connectivity index (χ0n) is 32.9.